The zero-order chi connectivity index (χ0) is 9.44. The average Bonchev–Trinajstić information content (AvgIpc) is 1.56. The maximum Gasteiger partial charge on any atom is 0.300 e. The van der Waals surface area contributed by atoms with Gasteiger partial charge in [0.2, 0.25) is 0 Å². The Bertz CT molecular complexity index is 130. The Morgan fingerprint density at radius 3 is 1.91 bits per heavy atom. The standard InChI is InChI=1S/C4H10N2O.C2H4O2/c1-3(2)7-4(5)6;1-2(3)4/h3H,1-2H3,(H3,5,6);1H3,(H,3,4). The summed E-state index contributed by atoms with van der Waals surface area (Å²) in [6, 6.07) is -0.213. The van der Waals surface area contributed by atoms with Gasteiger partial charge in [-0.05, 0) is 13.8 Å². The van der Waals surface area contributed by atoms with E-state index in [4.69, 9.17) is 21.0 Å². The molecule has 4 N–H and O–H groups in total. The van der Waals surface area contributed by atoms with E-state index in [0.29, 0.717) is 0 Å². The molecule has 66 valence electrons. The third kappa shape index (κ3) is 52.9. The summed E-state index contributed by atoms with van der Waals surface area (Å²) in [6.07, 6.45) is 0.0255. The second-order valence-corrected chi connectivity index (χ2v) is 2.05. The van der Waals surface area contributed by atoms with Crippen LogP contribution in [-0.4, -0.2) is 23.2 Å². The molecule has 5 heteroatoms. The molecule has 0 rings (SSSR count). The molecule has 0 amide bonds. The van der Waals surface area contributed by atoms with Gasteiger partial charge >= 0.3 is 0 Å². The van der Waals surface area contributed by atoms with Gasteiger partial charge in [-0.15, -0.1) is 0 Å². The highest BCUT2D eigenvalue weighted by molar-refractivity contribution is 5.67. The number of carboxylic acids is 1. The van der Waals surface area contributed by atoms with Crippen LogP contribution in [0.25, 0.3) is 0 Å². The van der Waals surface area contributed by atoms with Crippen molar-refractivity contribution in [2.24, 2.45) is 5.73 Å². The van der Waals surface area contributed by atoms with Crippen LogP contribution in [0, 0.1) is 5.41 Å². The van der Waals surface area contributed by atoms with Gasteiger partial charge in [0, 0.05) is 6.92 Å². The van der Waals surface area contributed by atoms with Gasteiger partial charge in [0.05, 0.1) is 6.10 Å². The minimum absolute atomic E-state index is 0.0255. The van der Waals surface area contributed by atoms with Crippen molar-refractivity contribution in [2.75, 3.05) is 0 Å². The van der Waals surface area contributed by atoms with Gasteiger partial charge in [-0.3, -0.25) is 10.2 Å². The molecule has 0 unspecified atom stereocenters. The van der Waals surface area contributed by atoms with Crippen molar-refractivity contribution in [2.45, 2.75) is 26.9 Å². The normalized spacial score (nSPS) is 8.00. The molecule has 11 heavy (non-hydrogen) atoms. The lowest BCUT2D eigenvalue weighted by Crippen LogP contribution is -2.18. The number of aliphatic carboxylic acids is 1. The lowest BCUT2D eigenvalue weighted by atomic mass is 10.5. The van der Waals surface area contributed by atoms with Crippen molar-refractivity contribution in [1.82, 2.24) is 0 Å². The number of amidine groups is 1. The number of nitrogens with two attached hydrogens (primary N) is 1. The monoisotopic (exact) mass is 162 g/mol. The number of nitrogens with one attached hydrogen (secondary N) is 1. The van der Waals surface area contributed by atoms with Crippen LogP contribution in [0.15, 0.2) is 0 Å². The molecular weight excluding hydrogens is 148 g/mol. The summed E-state index contributed by atoms with van der Waals surface area (Å²) in [4.78, 5) is 9.00. The third-order valence-corrected chi connectivity index (χ3v) is 0.363. The highest BCUT2D eigenvalue weighted by atomic mass is 16.5. The van der Waals surface area contributed by atoms with Crippen molar-refractivity contribution >= 4 is 12.0 Å². The Hall–Kier alpha value is -1.26. The Morgan fingerprint density at radius 2 is 1.91 bits per heavy atom. The van der Waals surface area contributed by atoms with Crippen molar-refractivity contribution in [3.63, 3.8) is 0 Å². The molecule has 0 aliphatic carbocycles. The van der Waals surface area contributed by atoms with Gasteiger partial charge in [0.25, 0.3) is 12.0 Å². The number of hydrogen-bond donors (Lipinski definition) is 3. The molecule has 0 aliphatic rings. The molecule has 0 atom stereocenters. The fourth-order valence-electron chi connectivity index (χ4n) is 0.254. The highest BCUT2D eigenvalue weighted by Crippen LogP contribution is 1.82. The largest absolute Gasteiger partial charge is 0.481 e. The fourth-order valence-corrected chi connectivity index (χ4v) is 0.254. The summed E-state index contributed by atoms with van der Waals surface area (Å²) < 4.78 is 4.61. The summed E-state index contributed by atoms with van der Waals surface area (Å²) in [7, 11) is 0. The number of rotatable bonds is 1. The van der Waals surface area contributed by atoms with Crippen molar-refractivity contribution < 1.29 is 14.6 Å². The molecule has 0 saturated heterocycles. The van der Waals surface area contributed by atoms with Gasteiger partial charge in [-0.25, -0.2) is 0 Å². The molecule has 0 saturated carbocycles. The first kappa shape index (κ1) is 12.4. The summed E-state index contributed by atoms with van der Waals surface area (Å²) in [5.41, 5.74) is 4.85. The maximum atomic E-state index is 9.00. The molecule has 0 aromatic carbocycles. The van der Waals surface area contributed by atoms with Crippen LogP contribution in [0.3, 0.4) is 0 Å². The number of hydrogen-bond acceptors (Lipinski definition) is 3. The molecule has 0 fully saturated rings. The molecule has 0 aromatic rings. The van der Waals surface area contributed by atoms with Crippen molar-refractivity contribution in [3.8, 4) is 0 Å². The number of carboxylic acid groups (broad SMARTS) is 1. The summed E-state index contributed by atoms with van der Waals surface area (Å²) in [5.74, 6) is -0.833. The summed E-state index contributed by atoms with van der Waals surface area (Å²) in [6.45, 7) is 4.72. The molecule has 0 bridgehead atoms. The highest BCUT2D eigenvalue weighted by Gasteiger charge is 1.90. The van der Waals surface area contributed by atoms with Gasteiger partial charge in [-0.1, -0.05) is 0 Å². The third-order valence-electron chi connectivity index (χ3n) is 0.363. The smallest absolute Gasteiger partial charge is 0.300 e. The predicted molar refractivity (Wildman–Crippen MR) is 41.4 cm³/mol. The first-order valence-electron chi connectivity index (χ1n) is 3.06. The first-order chi connectivity index (χ1) is 4.86. The van der Waals surface area contributed by atoms with E-state index in [0.717, 1.165) is 6.92 Å². The zero-order valence-electron chi connectivity index (χ0n) is 6.92. The maximum absolute atomic E-state index is 9.00. The predicted octanol–water partition coefficient (Wildman–Crippen LogP) is 0.396. The van der Waals surface area contributed by atoms with Crippen LogP contribution in [0.5, 0.6) is 0 Å². The molecule has 5 nitrogen and oxygen atoms in total. The Labute approximate surface area is 65.7 Å². The molecule has 0 aliphatic heterocycles. The van der Waals surface area contributed by atoms with Crippen LogP contribution in [0.2, 0.25) is 0 Å². The van der Waals surface area contributed by atoms with E-state index in [1.165, 1.54) is 0 Å². The number of ether oxygens (including phenoxy) is 1. The molecular formula is C6H14N2O3. The second-order valence-electron chi connectivity index (χ2n) is 2.05. The van der Waals surface area contributed by atoms with Crippen LogP contribution in [0.1, 0.15) is 20.8 Å². The molecule has 0 heterocycles. The molecule has 0 spiro atoms. The lowest BCUT2D eigenvalue weighted by molar-refractivity contribution is -0.134. The average molecular weight is 162 g/mol. The van der Waals surface area contributed by atoms with E-state index in [2.05, 4.69) is 4.74 Å². The van der Waals surface area contributed by atoms with Crippen LogP contribution in [0.4, 0.5) is 0 Å². The van der Waals surface area contributed by atoms with E-state index in [1.807, 2.05) is 13.8 Å². The van der Waals surface area contributed by atoms with Crippen molar-refractivity contribution in [1.29, 1.82) is 5.41 Å². The van der Waals surface area contributed by atoms with Gasteiger partial charge in [0.15, 0.2) is 0 Å². The van der Waals surface area contributed by atoms with Gasteiger partial charge in [-0.2, -0.15) is 0 Å². The summed E-state index contributed by atoms with van der Waals surface area (Å²) >= 11 is 0. The van der Waals surface area contributed by atoms with E-state index in [-0.39, 0.29) is 12.1 Å². The van der Waals surface area contributed by atoms with E-state index in [1.54, 1.807) is 0 Å². The second kappa shape index (κ2) is 6.85. The summed E-state index contributed by atoms with van der Waals surface area (Å²) in [5, 5.41) is 14.0. The van der Waals surface area contributed by atoms with Gasteiger partial charge < -0.3 is 15.6 Å². The van der Waals surface area contributed by atoms with Crippen LogP contribution >= 0.6 is 0 Å². The van der Waals surface area contributed by atoms with Crippen LogP contribution < -0.4 is 5.73 Å². The quantitative estimate of drug-likeness (QED) is 0.384. The molecule has 0 radical (unpaired) electrons. The SMILES string of the molecule is CC(=O)O.CC(C)OC(=N)N. The van der Waals surface area contributed by atoms with E-state index >= 15 is 0 Å². The molecule has 0 aromatic heterocycles. The Balaban J connectivity index is 0. The lowest BCUT2D eigenvalue weighted by Gasteiger charge is -2.04. The van der Waals surface area contributed by atoms with Gasteiger partial charge in [0.1, 0.15) is 0 Å². The fraction of sp³-hybridized carbons (Fsp3) is 0.667. The minimum Gasteiger partial charge on any atom is -0.481 e. The minimum atomic E-state index is -0.833. The van der Waals surface area contributed by atoms with Crippen molar-refractivity contribution in [3.05, 3.63) is 0 Å². The van der Waals surface area contributed by atoms with Crippen LogP contribution in [-0.2, 0) is 9.53 Å². The van der Waals surface area contributed by atoms with E-state index < -0.39 is 5.97 Å². The van der Waals surface area contributed by atoms with E-state index in [9.17, 15) is 0 Å². The number of carbonyl (C=O) groups is 1. The Morgan fingerprint density at radius 1 is 1.64 bits per heavy atom. The zero-order valence-corrected chi connectivity index (χ0v) is 6.92. The Kier molecular flexibility index (Phi) is 7.74. The topological polar surface area (TPSA) is 96.4 Å². The first-order valence-corrected chi connectivity index (χ1v) is 3.06.